The van der Waals surface area contributed by atoms with Gasteiger partial charge in [-0.2, -0.15) is 0 Å². The van der Waals surface area contributed by atoms with E-state index in [9.17, 15) is 18.8 Å². The molecule has 1 amide bonds. The minimum absolute atomic E-state index is 0.0206. The van der Waals surface area contributed by atoms with Gasteiger partial charge in [0.1, 0.15) is 11.6 Å². The Balaban J connectivity index is 2.17. The average molecular weight is 410 g/mol. The number of halogens is 1. The number of nitrogens with one attached hydrogen (secondary N) is 1. The standard InChI is InChI=1S/C22H23FN4O3/c1-2-3-13-26-19(24)18(20(28)25-22(26)30)27(14-15-9-5-4-6-10-15)21(29)16-11-7-8-12-17(16)23/h4-12H,2-3,13-14,24H2,1H3,(H,25,28,30). The Bertz CT molecular complexity index is 1160. The van der Waals surface area contributed by atoms with Crippen molar-refractivity contribution in [3.05, 3.63) is 92.4 Å². The Morgan fingerprint density at radius 2 is 1.77 bits per heavy atom. The highest BCUT2D eigenvalue weighted by molar-refractivity contribution is 6.07. The highest BCUT2D eigenvalue weighted by Gasteiger charge is 2.27. The van der Waals surface area contributed by atoms with Crippen LogP contribution in [-0.2, 0) is 13.1 Å². The second kappa shape index (κ2) is 9.21. The second-order valence-corrected chi connectivity index (χ2v) is 6.86. The van der Waals surface area contributed by atoms with Gasteiger partial charge >= 0.3 is 5.69 Å². The number of aromatic nitrogens is 2. The van der Waals surface area contributed by atoms with Crippen LogP contribution in [0.2, 0.25) is 0 Å². The molecule has 0 saturated heterocycles. The molecular formula is C22H23FN4O3. The van der Waals surface area contributed by atoms with Crippen molar-refractivity contribution in [1.82, 2.24) is 9.55 Å². The highest BCUT2D eigenvalue weighted by Crippen LogP contribution is 2.23. The lowest BCUT2D eigenvalue weighted by Crippen LogP contribution is -2.41. The number of rotatable bonds is 7. The number of carbonyl (C=O) groups excluding carboxylic acids is 1. The summed E-state index contributed by atoms with van der Waals surface area (Å²) >= 11 is 0. The van der Waals surface area contributed by atoms with Gasteiger partial charge in [0.25, 0.3) is 11.5 Å². The van der Waals surface area contributed by atoms with Gasteiger partial charge in [-0.3, -0.25) is 24.0 Å². The first-order valence-corrected chi connectivity index (χ1v) is 9.67. The summed E-state index contributed by atoms with van der Waals surface area (Å²) in [5, 5.41) is 0. The molecule has 30 heavy (non-hydrogen) atoms. The minimum Gasteiger partial charge on any atom is -0.383 e. The molecule has 0 radical (unpaired) electrons. The summed E-state index contributed by atoms with van der Waals surface area (Å²) in [7, 11) is 0. The number of hydrogen-bond acceptors (Lipinski definition) is 4. The number of unbranched alkanes of at least 4 members (excludes halogenated alkanes) is 1. The first kappa shape index (κ1) is 21.0. The number of hydrogen-bond donors (Lipinski definition) is 2. The zero-order valence-corrected chi connectivity index (χ0v) is 16.6. The zero-order valence-electron chi connectivity index (χ0n) is 16.6. The quantitative estimate of drug-likeness (QED) is 0.625. The van der Waals surface area contributed by atoms with Crippen molar-refractivity contribution in [3.63, 3.8) is 0 Å². The number of amides is 1. The zero-order chi connectivity index (χ0) is 21.7. The third-order valence-corrected chi connectivity index (χ3v) is 4.75. The Hall–Kier alpha value is -3.68. The molecule has 0 bridgehead atoms. The van der Waals surface area contributed by atoms with Gasteiger partial charge < -0.3 is 5.73 Å². The van der Waals surface area contributed by atoms with E-state index in [-0.39, 0.29) is 30.2 Å². The second-order valence-electron chi connectivity index (χ2n) is 6.86. The van der Waals surface area contributed by atoms with Crippen LogP contribution in [0.1, 0.15) is 35.7 Å². The summed E-state index contributed by atoms with van der Waals surface area (Å²) in [6.07, 6.45) is 1.47. The van der Waals surface area contributed by atoms with Crippen LogP contribution >= 0.6 is 0 Å². The molecule has 0 aliphatic carbocycles. The van der Waals surface area contributed by atoms with Gasteiger partial charge in [-0.25, -0.2) is 9.18 Å². The van der Waals surface area contributed by atoms with E-state index in [2.05, 4.69) is 4.98 Å². The van der Waals surface area contributed by atoms with Gasteiger partial charge in [0.2, 0.25) is 0 Å². The molecule has 0 aliphatic rings. The molecule has 3 N–H and O–H groups in total. The molecule has 0 unspecified atom stereocenters. The molecule has 8 heteroatoms. The summed E-state index contributed by atoms with van der Waals surface area (Å²) in [6, 6.07) is 14.5. The third-order valence-electron chi connectivity index (χ3n) is 4.75. The maximum absolute atomic E-state index is 14.3. The van der Waals surface area contributed by atoms with Crippen molar-refractivity contribution in [2.75, 3.05) is 10.6 Å². The molecule has 0 saturated carbocycles. The van der Waals surface area contributed by atoms with Crippen LogP contribution in [0.15, 0.2) is 64.2 Å². The molecule has 0 fully saturated rings. The number of nitrogens with zero attached hydrogens (tertiary/aromatic N) is 2. The number of H-pyrrole nitrogens is 1. The Kier molecular flexibility index (Phi) is 6.46. The van der Waals surface area contributed by atoms with Crippen molar-refractivity contribution in [2.45, 2.75) is 32.9 Å². The van der Waals surface area contributed by atoms with Gasteiger partial charge in [-0.1, -0.05) is 55.8 Å². The molecule has 1 aromatic heterocycles. The first-order chi connectivity index (χ1) is 14.4. The number of nitrogens with two attached hydrogens (primary N) is 1. The number of carbonyl (C=O) groups is 1. The van der Waals surface area contributed by atoms with Gasteiger partial charge in [0.05, 0.1) is 12.1 Å². The van der Waals surface area contributed by atoms with Crippen LogP contribution in [0, 0.1) is 5.82 Å². The first-order valence-electron chi connectivity index (χ1n) is 9.67. The van der Waals surface area contributed by atoms with E-state index in [1.807, 2.05) is 13.0 Å². The van der Waals surface area contributed by atoms with Gasteiger partial charge in [-0.15, -0.1) is 0 Å². The molecule has 7 nitrogen and oxygen atoms in total. The van der Waals surface area contributed by atoms with Crippen LogP contribution in [-0.4, -0.2) is 15.5 Å². The predicted molar refractivity (Wildman–Crippen MR) is 114 cm³/mol. The van der Waals surface area contributed by atoms with E-state index in [0.717, 1.165) is 11.3 Å². The minimum atomic E-state index is -0.800. The highest BCUT2D eigenvalue weighted by atomic mass is 19.1. The van der Waals surface area contributed by atoms with Crippen LogP contribution in [0.4, 0.5) is 15.9 Å². The number of anilines is 2. The molecule has 156 valence electrons. The molecule has 0 atom stereocenters. The Morgan fingerprint density at radius 1 is 1.10 bits per heavy atom. The summed E-state index contributed by atoms with van der Waals surface area (Å²) in [5.41, 5.74) is 5.09. The lowest BCUT2D eigenvalue weighted by atomic mass is 10.1. The number of nitrogen functional groups attached to an aromatic ring is 1. The van der Waals surface area contributed by atoms with E-state index in [1.54, 1.807) is 24.3 Å². The number of benzene rings is 2. The van der Waals surface area contributed by atoms with E-state index < -0.39 is 23.0 Å². The molecule has 3 rings (SSSR count). The fourth-order valence-corrected chi connectivity index (χ4v) is 3.17. The van der Waals surface area contributed by atoms with Crippen LogP contribution in [0.5, 0.6) is 0 Å². The summed E-state index contributed by atoms with van der Waals surface area (Å²) in [6.45, 7) is 2.22. The van der Waals surface area contributed by atoms with Crippen LogP contribution < -0.4 is 21.9 Å². The maximum atomic E-state index is 14.3. The molecular weight excluding hydrogens is 387 g/mol. The lowest BCUT2D eigenvalue weighted by Gasteiger charge is -2.25. The number of aromatic amines is 1. The van der Waals surface area contributed by atoms with Crippen LogP contribution in [0.3, 0.4) is 0 Å². The Labute approximate surface area is 172 Å². The van der Waals surface area contributed by atoms with Crippen LogP contribution in [0.25, 0.3) is 0 Å². The fraction of sp³-hybridized carbons (Fsp3) is 0.227. The summed E-state index contributed by atoms with van der Waals surface area (Å²) in [5.74, 6) is -1.57. The molecule has 2 aromatic carbocycles. The smallest absolute Gasteiger partial charge is 0.330 e. The molecule has 3 aromatic rings. The van der Waals surface area contributed by atoms with Gasteiger partial charge in [0.15, 0.2) is 5.69 Å². The molecule has 1 heterocycles. The fourth-order valence-electron chi connectivity index (χ4n) is 3.17. The van der Waals surface area contributed by atoms with Crippen molar-refractivity contribution in [1.29, 1.82) is 0 Å². The van der Waals surface area contributed by atoms with E-state index in [4.69, 9.17) is 5.73 Å². The molecule has 0 spiro atoms. The third kappa shape index (κ3) is 4.32. The van der Waals surface area contributed by atoms with Crippen molar-refractivity contribution < 1.29 is 9.18 Å². The summed E-state index contributed by atoms with van der Waals surface area (Å²) in [4.78, 5) is 41.6. The van der Waals surface area contributed by atoms with E-state index in [0.29, 0.717) is 12.0 Å². The SMILES string of the molecule is CCCCn1c(N)c(N(Cc2ccccc2)C(=O)c2ccccc2F)c(=O)[nH]c1=O. The van der Waals surface area contributed by atoms with Crippen molar-refractivity contribution in [2.24, 2.45) is 0 Å². The normalized spacial score (nSPS) is 10.7. The van der Waals surface area contributed by atoms with Gasteiger partial charge in [0, 0.05) is 6.54 Å². The topological polar surface area (TPSA) is 101 Å². The summed E-state index contributed by atoms with van der Waals surface area (Å²) < 4.78 is 15.6. The van der Waals surface area contributed by atoms with E-state index in [1.165, 1.54) is 28.8 Å². The Morgan fingerprint density at radius 3 is 2.43 bits per heavy atom. The molecule has 0 aliphatic heterocycles. The average Bonchev–Trinajstić information content (AvgIpc) is 2.73. The van der Waals surface area contributed by atoms with Gasteiger partial charge in [-0.05, 0) is 24.1 Å². The monoisotopic (exact) mass is 410 g/mol. The van der Waals surface area contributed by atoms with Crippen molar-refractivity contribution in [3.8, 4) is 0 Å². The largest absolute Gasteiger partial charge is 0.383 e. The lowest BCUT2D eigenvalue weighted by molar-refractivity contribution is 0.0981. The van der Waals surface area contributed by atoms with E-state index >= 15 is 0 Å². The predicted octanol–water partition coefficient (Wildman–Crippen LogP) is 2.91. The van der Waals surface area contributed by atoms with Crippen molar-refractivity contribution >= 4 is 17.4 Å². The maximum Gasteiger partial charge on any atom is 0.330 e.